The summed E-state index contributed by atoms with van der Waals surface area (Å²) in [4.78, 5) is 19.2. The fourth-order valence-corrected chi connectivity index (χ4v) is 5.09. The van der Waals surface area contributed by atoms with E-state index < -0.39 is 23.8 Å². The number of amidine groups is 1. The van der Waals surface area contributed by atoms with Crippen LogP contribution in [0, 0.1) is 6.92 Å². The Kier molecular flexibility index (Phi) is 7.79. The molecular formula is C29H25F3N2OS. The molecule has 3 nitrogen and oxygen atoms in total. The molecule has 0 aromatic heterocycles. The number of alkyl halides is 3. The standard InChI is InChI=1S/C29H25F3N2OS/c1-20-10-6-9-15-25(20)27(35)33-28(34(2)24-17-16-21-11-7-8-14-23(21)18-24)36-26(19-29(30,31)32)22-12-4-3-5-13-22/h3-18,26H,19H2,1-2H3. The van der Waals surface area contributed by atoms with Gasteiger partial charge in [-0.25, -0.2) is 0 Å². The minimum Gasteiger partial charge on any atom is -0.324 e. The van der Waals surface area contributed by atoms with Crippen molar-refractivity contribution in [3.8, 4) is 0 Å². The number of fused-ring (bicyclic) bond motifs is 1. The lowest BCUT2D eigenvalue weighted by molar-refractivity contribution is -0.134. The topological polar surface area (TPSA) is 32.7 Å². The molecule has 36 heavy (non-hydrogen) atoms. The predicted octanol–water partition coefficient (Wildman–Crippen LogP) is 8.21. The Morgan fingerprint density at radius 3 is 2.22 bits per heavy atom. The third kappa shape index (κ3) is 6.34. The quantitative estimate of drug-likeness (QED) is 0.202. The zero-order valence-electron chi connectivity index (χ0n) is 19.9. The highest BCUT2D eigenvalue weighted by Gasteiger charge is 2.34. The highest BCUT2D eigenvalue weighted by molar-refractivity contribution is 8.14. The average molecular weight is 507 g/mol. The normalized spacial score (nSPS) is 13.0. The lowest BCUT2D eigenvalue weighted by atomic mass is 10.1. The highest BCUT2D eigenvalue weighted by Crippen LogP contribution is 2.41. The third-order valence-corrected chi connectivity index (χ3v) is 7.12. The summed E-state index contributed by atoms with van der Waals surface area (Å²) in [6.07, 6.45) is -5.44. The van der Waals surface area contributed by atoms with Crippen molar-refractivity contribution >= 4 is 39.3 Å². The molecule has 0 N–H and O–H groups in total. The summed E-state index contributed by atoms with van der Waals surface area (Å²) in [6, 6.07) is 29.1. The number of carbonyl (C=O) groups excluding carboxylic acids is 1. The molecule has 0 aliphatic heterocycles. The van der Waals surface area contributed by atoms with E-state index in [2.05, 4.69) is 4.99 Å². The van der Waals surface area contributed by atoms with Crippen molar-refractivity contribution in [2.45, 2.75) is 24.8 Å². The summed E-state index contributed by atoms with van der Waals surface area (Å²) in [6.45, 7) is 1.80. The molecule has 0 aliphatic rings. The molecule has 0 saturated heterocycles. The Labute approximate surface area is 212 Å². The molecule has 0 fully saturated rings. The van der Waals surface area contributed by atoms with Crippen molar-refractivity contribution in [3.63, 3.8) is 0 Å². The van der Waals surface area contributed by atoms with Crippen LogP contribution in [0.4, 0.5) is 18.9 Å². The van der Waals surface area contributed by atoms with Gasteiger partial charge >= 0.3 is 6.18 Å². The van der Waals surface area contributed by atoms with Crippen LogP contribution in [0.1, 0.15) is 33.2 Å². The minimum atomic E-state index is -4.39. The van der Waals surface area contributed by atoms with E-state index in [0.717, 1.165) is 33.8 Å². The Hall–Kier alpha value is -3.58. The SMILES string of the molecule is Cc1ccccc1C(=O)N=C(SC(CC(F)(F)F)c1ccccc1)N(C)c1ccc2ccccc2c1. The lowest BCUT2D eigenvalue weighted by Gasteiger charge is -2.26. The predicted molar refractivity (Wildman–Crippen MR) is 143 cm³/mol. The summed E-state index contributed by atoms with van der Waals surface area (Å²) in [5.41, 5.74) is 2.40. The Balaban J connectivity index is 1.77. The van der Waals surface area contributed by atoms with Gasteiger partial charge in [0.25, 0.3) is 5.91 Å². The first-order chi connectivity index (χ1) is 17.2. The molecule has 4 aromatic rings. The van der Waals surface area contributed by atoms with Crippen LogP contribution >= 0.6 is 11.8 Å². The van der Waals surface area contributed by atoms with Crippen LogP contribution in [-0.2, 0) is 0 Å². The molecule has 4 rings (SSSR count). The van der Waals surface area contributed by atoms with Crippen molar-refractivity contribution in [1.82, 2.24) is 0 Å². The van der Waals surface area contributed by atoms with Gasteiger partial charge < -0.3 is 4.90 Å². The van der Waals surface area contributed by atoms with Crippen molar-refractivity contribution in [3.05, 3.63) is 114 Å². The van der Waals surface area contributed by atoms with Crippen LogP contribution in [0.5, 0.6) is 0 Å². The lowest BCUT2D eigenvalue weighted by Crippen LogP contribution is -2.26. The number of thioether (sulfide) groups is 1. The summed E-state index contributed by atoms with van der Waals surface area (Å²) in [5.74, 6) is -0.498. The maximum absolute atomic E-state index is 13.6. The van der Waals surface area contributed by atoms with Gasteiger partial charge in [0, 0.05) is 23.5 Å². The van der Waals surface area contributed by atoms with Crippen LogP contribution in [0.3, 0.4) is 0 Å². The Morgan fingerprint density at radius 2 is 1.53 bits per heavy atom. The van der Waals surface area contributed by atoms with Gasteiger partial charge in [0.1, 0.15) is 0 Å². The molecule has 1 amide bonds. The molecular weight excluding hydrogens is 481 g/mol. The van der Waals surface area contributed by atoms with Gasteiger partial charge in [-0.1, -0.05) is 90.6 Å². The maximum Gasteiger partial charge on any atom is 0.390 e. The second-order valence-corrected chi connectivity index (χ2v) is 9.61. The van der Waals surface area contributed by atoms with Crippen LogP contribution in [0.2, 0.25) is 0 Å². The van der Waals surface area contributed by atoms with Gasteiger partial charge in [0.2, 0.25) is 0 Å². The van der Waals surface area contributed by atoms with Crippen molar-refractivity contribution in [2.75, 3.05) is 11.9 Å². The largest absolute Gasteiger partial charge is 0.390 e. The van der Waals surface area contributed by atoms with E-state index in [-0.39, 0.29) is 5.17 Å². The van der Waals surface area contributed by atoms with E-state index in [1.165, 1.54) is 0 Å². The van der Waals surface area contributed by atoms with Crippen molar-refractivity contribution in [1.29, 1.82) is 0 Å². The number of benzene rings is 4. The van der Waals surface area contributed by atoms with E-state index in [1.807, 2.05) is 48.5 Å². The van der Waals surface area contributed by atoms with E-state index in [9.17, 15) is 18.0 Å². The minimum absolute atomic E-state index is 0.191. The number of hydrogen-bond acceptors (Lipinski definition) is 2. The first-order valence-corrected chi connectivity index (χ1v) is 12.3. The number of halogens is 3. The van der Waals surface area contributed by atoms with E-state index in [0.29, 0.717) is 11.1 Å². The van der Waals surface area contributed by atoms with Gasteiger partial charge in [0.15, 0.2) is 5.17 Å². The van der Waals surface area contributed by atoms with Crippen LogP contribution in [-0.4, -0.2) is 24.3 Å². The van der Waals surface area contributed by atoms with Crippen LogP contribution in [0.25, 0.3) is 10.8 Å². The number of rotatable bonds is 5. The molecule has 0 bridgehead atoms. The van der Waals surface area contributed by atoms with Crippen molar-refractivity contribution in [2.24, 2.45) is 4.99 Å². The number of anilines is 1. The fourth-order valence-electron chi connectivity index (χ4n) is 3.87. The Morgan fingerprint density at radius 1 is 0.889 bits per heavy atom. The monoisotopic (exact) mass is 506 g/mol. The zero-order valence-corrected chi connectivity index (χ0v) is 20.7. The number of nitrogens with zero attached hydrogens (tertiary/aromatic N) is 2. The molecule has 0 spiro atoms. The fraction of sp³-hybridized carbons (Fsp3) is 0.172. The molecule has 1 unspecified atom stereocenters. The highest BCUT2D eigenvalue weighted by atomic mass is 32.2. The number of aryl methyl sites for hydroxylation is 1. The molecule has 7 heteroatoms. The zero-order chi connectivity index (χ0) is 25.7. The summed E-state index contributed by atoms with van der Waals surface area (Å²) in [5, 5.41) is 1.23. The van der Waals surface area contributed by atoms with E-state index in [4.69, 9.17) is 0 Å². The number of amides is 1. The molecule has 184 valence electrons. The van der Waals surface area contributed by atoms with Crippen LogP contribution < -0.4 is 4.90 Å². The van der Waals surface area contributed by atoms with Gasteiger partial charge in [0.05, 0.1) is 6.42 Å². The molecule has 1 atom stereocenters. The molecule has 0 heterocycles. The summed E-state index contributed by atoms with van der Waals surface area (Å²) < 4.78 is 40.8. The third-order valence-electron chi connectivity index (χ3n) is 5.82. The second-order valence-electron chi connectivity index (χ2n) is 8.44. The van der Waals surface area contributed by atoms with Gasteiger partial charge in [-0.15, -0.1) is 0 Å². The second kappa shape index (κ2) is 11.0. The number of hydrogen-bond donors (Lipinski definition) is 0. The Bertz CT molecular complexity index is 1390. The summed E-state index contributed by atoms with van der Waals surface area (Å²) >= 11 is 0.942. The van der Waals surface area contributed by atoms with Crippen molar-refractivity contribution < 1.29 is 18.0 Å². The first-order valence-electron chi connectivity index (χ1n) is 11.4. The maximum atomic E-state index is 13.6. The van der Waals surface area contributed by atoms with E-state index >= 15 is 0 Å². The van der Waals surface area contributed by atoms with E-state index in [1.54, 1.807) is 67.4 Å². The van der Waals surface area contributed by atoms with Gasteiger partial charge in [-0.05, 0) is 47.0 Å². The van der Waals surface area contributed by atoms with Crippen LogP contribution in [0.15, 0.2) is 102 Å². The first kappa shape index (κ1) is 25.5. The number of aliphatic imine (C=N–C) groups is 1. The number of carbonyl (C=O) groups is 1. The van der Waals surface area contributed by atoms with Gasteiger partial charge in [-0.3, -0.25) is 4.79 Å². The molecule has 4 aromatic carbocycles. The van der Waals surface area contributed by atoms with Gasteiger partial charge in [-0.2, -0.15) is 18.2 Å². The summed E-state index contributed by atoms with van der Waals surface area (Å²) in [7, 11) is 1.72. The molecule has 0 aliphatic carbocycles. The average Bonchev–Trinajstić information content (AvgIpc) is 2.87. The smallest absolute Gasteiger partial charge is 0.324 e. The molecule has 0 radical (unpaired) electrons. The molecule has 0 saturated carbocycles.